The van der Waals surface area contributed by atoms with Crippen molar-refractivity contribution in [1.29, 1.82) is 0 Å². The first-order chi connectivity index (χ1) is 9.47. The molecule has 1 aromatic rings. The van der Waals surface area contributed by atoms with E-state index in [4.69, 9.17) is 23.2 Å². The Morgan fingerprint density at radius 1 is 1.40 bits per heavy atom. The van der Waals surface area contributed by atoms with Gasteiger partial charge in [0.2, 0.25) is 0 Å². The maximum absolute atomic E-state index is 11.6. The average molecular weight is 311 g/mol. The van der Waals surface area contributed by atoms with E-state index in [2.05, 4.69) is 0 Å². The van der Waals surface area contributed by atoms with E-state index in [1.807, 2.05) is 24.3 Å². The van der Waals surface area contributed by atoms with Crippen LogP contribution in [0.25, 0.3) is 0 Å². The van der Waals surface area contributed by atoms with Crippen molar-refractivity contribution in [3.05, 3.63) is 57.6 Å². The molecule has 20 heavy (non-hydrogen) atoms. The first kappa shape index (κ1) is 15.3. The number of carbonyl (C=O) groups excluding carboxylic acids is 1. The lowest BCUT2D eigenvalue weighted by Crippen LogP contribution is -2.26. The van der Waals surface area contributed by atoms with Crippen molar-refractivity contribution in [2.24, 2.45) is 0 Å². The van der Waals surface area contributed by atoms with Gasteiger partial charge in [-0.3, -0.25) is 0 Å². The second kappa shape index (κ2) is 6.13. The summed E-state index contributed by atoms with van der Waals surface area (Å²) >= 11 is 11.9. The first-order valence-electron chi connectivity index (χ1n) is 6.45. The molecule has 1 N–H and O–H groups in total. The van der Waals surface area contributed by atoms with Crippen molar-refractivity contribution in [2.45, 2.75) is 31.3 Å². The number of aliphatic hydroxyl groups excluding tert-OH is 1. The molecule has 1 aliphatic rings. The summed E-state index contributed by atoms with van der Waals surface area (Å²) in [5, 5.41) is 10.3. The van der Waals surface area contributed by atoms with Gasteiger partial charge in [-0.25, -0.2) is 0 Å². The lowest BCUT2D eigenvalue weighted by molar-refractivity contribution is -0.111. The van der Waals surface area contributed by atoms with Gasteiger partial charge in [0.05, 0.1) is 21.6 Å². The zero-order valence-corrected chi connectivity index (χ0v) is 12.7. The monoisotopic (exact) mass is 310 g/mol. The fourth-order valence-corrected chi connectivity index (χ4v) is 2.64. The number of halogens is 2. The van der Waals surface area contributed by atoms with Crippen molar-refractivity contribution in [3.8, 4) is 0 Å². The van der Waals surface area contributed by atoms with Crippen LogP contribution in [-0.2, 0) is 10.2 Å². The minimum absolute atomic E-state index is 0.389. The van der Waals surface area contributed by atoms with Gasteiger partial charge >= 0.3 is 0 Å². The SMILES string of the molecule is CC(O)CC1=CCC(C=O)(c2ccc(Cl)c(Cl)c2)C=C1. The Labute approximate surface area is 128 Å². The molecule has 2 unspecified atom stereocenters. The van der Waals surface area contributed by atoms with Crippen LogP contribution in [0.15, 0.2) is 42.0 Å². The molecule has 0 spiro atoms. The Hall–Kier alpha value is -1.09. The summed E-state index contributed by atoms with van der Waals surface area (Å²) in [4.78, 5) is 11.6. The van der Waals surface area contributed by atoms with Crippen LogP contribution in [-0.4, -0.2) is 17.5 Å². The van der Waals surface area contributed by atoms with E-state index in [1.165, 1.54) is 0 Å². The highest BCUT2D eigenvalue weighted by Gasteiger charge is 2.30. The third-order valence-electron chi connectivity index (χ3n) is 3.50. The standard InChI is InChI=1S/C16H16Cl2O2/c1-11(20)8-12-4-6-16(10-19,7-5-12)13-2-3-14(17)15(18)9-13/h2-6,9-11,20H,7-8H2,1H3. The number of hydrogen-bond donors (Lipinski definition) is 1. The molecule has 0 saturated carbocycles. The Bertz CT molecular complexity index is 576. The van der Waals surface area contributed by atoms with Gasteiger partial charge in [0.15, 0.2) is 0 Å². The molecule has 2 rings (SSSR count). The van der Waals surface area contributed by atoms with Crippen LogP contribution < -0.4 is 0 Å². The smallest absolute Gasteiger partial charge is 0.134 e. The maximum atomic E-state index is 11.6. The summed E-state index contributed by atoms with van der Waals surface area (Å²) in [5.41, 5.74) is 1.17. The van der Waals surface area contributed by atoms with Gasteiger partial charge in [-0.05, 0) is 43.0 Å². The van der Waals surface area contributed by atoms with Gasteiger partial charge in [0.25, 0.3) is 0 Å². The molecule has 1 aliphatic carbocycles. The van der Waals surface area contributed by atoms with Gasteiger partial charge in [-0.1, -0.05) is 47.5 Å². The lowest BCUT2D eigenvalue weighted by Gasteiger charge is -2.27. The van der Waals surface area contributed by atoms with Crippen LogP contribution in [0.1, 0.15) is 25.3 Å². The Kier molecular flexibility index (Phi) is 4.69. The topological polar surface area (TPSA) is 37.3 Å². The molecule has 1 aromatic carbocycles. The van der Waals surface area contributed by atoms with Gasteiger partial charge in [0.1, 0.15) is 6.29 Å². The zero-order valence-electron chi connectivity index (χ0n) is 11.1. The Morgan fingerprint density at radius 2 is 2.15 bits per heavy atom. The molecule has 0 heterocycles. The molecule has 0 bridgehead atoms. The molecule has 0 fully saturated rings. The van der Waals surface area contributed by atoms with Gasteiger partial charge < -0.3 is 9.90 Å². The molecule has 4 heteroatoms. The minimum atomic E-state index is -0.698. The van der Waals surface area contributed by atoms with Crippen LogP contribution in [0.5, 0.6) is 0 Å². The number of benzene rings is 1. The molecular weight excluding hydrogens is 295 g/mol. The highest BCUT2D eigenvalue weighted by molar-refractivity contribution is 6.42. The van der Waals surface area contributed by atoms with Crippen LogP contribution in [0, 0.1) is 0 Å². The molecule has 2 nitrogen and oxygen atoms in total. The molecule has 0 amide bonds. The average Bonchev–Trinajstić information content (AvgIpc) is 2.42. The van der Waals surface area contributed by atoms with Crippen molar-refractivity contribution >= 4 is 29.5 Å². The summed E-state index contributed by atoms with van der Waals surface area (Å²) < 4.78 is 0. The fourth-order valence-electron chi connectivity index (χ4n) is 2.34. The van der Waals surface area contributed by atoms with E-state index in [-0.39, 0.29) is 6.10 Å². The molecular formula is C16H16Cl2O2. The summed E-state index contributed by atoms with van der Waals surface area (Å²) in [6.45, 7) is 1.75. The van der Waals surface area contributed by atoms with E-state index in [0.29, 0.717) is 22.9 Å². The number of rotatable bonds is 4. The predicted molar refractivity (Wildman–Crippen MR) is 82.3 cm³/mol. The normalized spacial score (nSPS) is 23.3. The Balaban J connectivity index is 2.29. The van der Waals surface area contributed by atoms with E-state index in [0.717, 1.165) is 17.4 Å². The van der Waals surface area contributed by atoms with Crippen LogP contribution >= 0.6 is 23.2 Å². The maximum Gasteiger partial charge on any atom is 0.134 e. The number of carbonyl (C=O) groups is 1. The highest BCUT2D eigenvalue weighted by atomic mass is 35.5. The third-order valence-corrected chi connectivity index (χ3v) is 4.23. The molecule has 0 saturated heterocycles. The van der Waals surface area contributed by atoms with E-state index < -0.39 is 5.41 Å². The summed E-state index contributed by atoms with van der Waals surface area (Å²) in [6.07, 6.45) is 7.45. The van der Waals surface area contributed by atoms with E-state index in [9.17, 15) is 9.90 Å². The largest absolute Gasteiger partial charge is 0.393 e. The van der Waals surface area contributed by atoms with E-state index >= 15 is 0 Å². The molecule has 0 radical (unpaired) electrons. The van der Waals surface area contributed by atoms with Gasteiger partial charge in [-0.2, -0.15) is 0 Å². The van der Waals surface area contributed by atoms with Crippen molar-refractivity contribution in [3.63, 3.8) is 0 Å². The quantitative estimate of drug-likeness (QED) is 0.851. The third kappa shape index (κ3) is 3.14. The Morgan fingerprint density at radius 3 is 2.65 bits per heavy atom. The number of allylic oxidation sites excluding steroid dienone is 3. The highest BCUT2D eigenvalue weighted by Crippen LogP contribution is 2.36. The number of hydrogen-bond acceptors (Lipinski definition) is 2. The second-order valence-corrected chi connectivity index (χ2v) is 5.97. The molecule has 2 atom stereocenters. The van der Waals surface area contributed by atoms with Crippen LogP contribution in [0.3, 0.4) is 0 Å². The second-order valence-electron chi connectivity index (χ2n) is 5.16. The summed E-state index contributed by atoms with van der Waals surface area (Å²) in [7, 11) is 0. The minimum Gasteiger partial charge on any atom is -0.393 e. The van der Waals surface area contributed by atoms with Gasteiger partial charge in [-0.15, -0.1) is 0 Å². The predicted octanol–water partition coefficient (Wildman–Crippen LogP) is 4.09. The fraction of sp³-hybridized carbons (Fsp3) is 0.312. The molecule has 106 valence electrons. The van der Waals surface area contributed by atoms with Crippen molar-refractivity contribution in [1.82, 2.24) is 0 Å². The van der Waals surface area contributed by atoms with Gasteiger partial charge in [0, 0.05) is 0 Å². The van der Waals surface area contributed by atoms with Crippen LogP contribution in [0.2, 0.25) is 10.0 Å². The summed E-state index contributed by atoms with van der Waals surface area (Å²) in [6, 6.07) is 5.25. The van der Waals surface area contributed by atoms with E-state index in [1.54, 1.807) is 19.1 Å². The van der Waals surface area contributed by atoms with Crippen molar-refractivity contribution < 1.29 is 9.90 Å². The lowest BCUT2D eigenvalue weighted by atomic mass is 9.75. The number of aliphatic hydroxyl groups is 1. The van der Waals surface area contributed by atoms with Crippen LogP contribution in [0.4, 0.5) is 0 Å². The summed E-state index contributed by atoms with van der Waals surface area (Å²) in [5.74, 6) is 0. The molecule has 0 aliphatic heterocycles. The zero-order chi connectivity index (χ0) is 14.8. The number of aldehydes is 1. The van der Waals surface area contributed by atoms with Crippen molar-refractivity contribution in [2.75, 3.05) is 0 Å². The molecule has 0 aromatic heterocycles. The first-order valence-corrected chi connectivity index (χ1v) is 7.20.